The molecule has 0 fully saturated rings. The van der Waals surface area contributed by atoms with Crippen molar-refractivity contribution >= 4 is 5.91 Å². The Hall–Kier alpha value is -1.36. The van der Waals surface area contributed by atoms with Gasteiger partial charge in [0.15, 0.2) is 0 Å². The molecule has 1 aromatic heterocycles. The summed E-state index contributed by atoms with van der Waals surface area (Å²) >= 11 is 0. The van der Waals surface area contributed by atoms with E-state index in [1.165, 1.54) is 0 Å². The molecule has 0 aliphatic carbocycles. The molecule has 0 aliphatic rings. The molecule has 0 aliphatic heterocycles. The molecule has 15 heavy (non-hydrogen) atoms. The summed E-state index contributed by atoms with van der Waals surface area (Å²) in [6.07, 6.45) is 2.50. The molecule has 1 amide bonds. The maximum absolute atomic E-state index is 11.4. The van der Waals surface area contributed by atoms with E-state index in [0.717, 1.165) is 12.1 Å². The molecule has 3 N–H and O–H groups in total. The molecule has 0 saturated heterocycles. The first-order chi connectivity index (χ1) is 6.91. The lowest BCUT2D eigenvalue weighted by Crippen LogP contribution is -2.49. The zero-order valence-corrected chi connectivity index (χ0v) is 9.45. The Bertz CT molecular complexity index is 337. The maximum atomic E-state index is 11.4. The predicted molar refractivity (Wildman–Crippen MR) is 58.2 cm³/mol. The third-order valence-electron chi connectivity index (χ3n) is 2.17. The van der Waals surface area contributed by atoms with Gasteiger partial charge in [-0.1, -0.05) is 0 Å². The van der Waals surface area contributed by atoms with Crippen LogP contribution >= 0.6 is 0 Å². The highest BCUT2D eigenvalue weighted by atomic mass is 16.2. The van der Waals surface area contributed by atoms with E-state index in [2.05, 4.69) is 10.4 Å². The van der Waals surface area contributed by atoms with Gasteiger partial charge in [0.2, 0.25) is 5.91 Å². The van der Waals surface area contributed by atoms with Crippen LogP contribution in [0.4, 0.5) is 0 Å². The van der Waals surface area contributed by atoms with Crippen molar-refractivity contribution in [3.05, 3.63) is 18.0 Å². The molecular weight excluding hydrogens is 192 g/mol. The Kier molecular flexibility index (Phi) is 3.47. The van der Waals surface area contributed by atoms with Gasteiger partial charge in [0.1, 0.15) is 0 Å². The van der Waals surface area contributed by atoms with Crippen LogP contribution in [0.3, 0.4) is 0 Å². The van der Waals surface area contributed by atoms with E-state index >= 15 is 0 Å². The summed E-state index contributed by atoms with van der Waals surface area (Å²) in [4.78, 5) is 11.4. The monoisotopic (exact) mass is 210 g/mol. The van der Waals surface area contributed by atoms with Crippen molar-refractivity contribution < 1.29 is 4.79 Å². The molecule has 0 saturated carbocycles. The minimum Gasteiger partial charge on any atom is -0.354 e. The molecule has 0 unspecified atom stereocenters. The van der Waals surface area contributed by atoms with Crippen LogP contribution in [0, 0.1) is 0 Å². The molecule has 1 aromatic rings. The second-order valence-electron chi connectivity index (χ2n) is 4.17. The normalized spacial score (nSPS) is 11.5. The number of hydrogen-bond donors (Lipinski definition) is 2. The first-order valence-electron chi connectivity index (χ1n) is 4.95. The van der Waals surface area contributed by atoms with Gasteiger partial charge in [-0.25, -0.2) is 0 Å². The van der Waals surface area contributed by atoms with Crippen molar-refractivity contribution in [1.29, 1.82) is 0 Å². The topological polar surface area (TPSA) is 72.9 Å². The summed E-state index contributed by atoms with van der Waals surface area (Å²) in [6, 6.07) is 1.93. The minimum absolute atomic E-state index is 0.135. The Labute approximate surface area is 89.6 Å². The highest BCUT2D eigenvalue weighted by molar-refractivity contribution is 5.84. The van der Waals surface area contributed by atoms with Gasteiger partial charge >= 0.3 is 0 Å². The van der Waals surface area contributed by atoms with Gasteiger partial charge < -0.3 is 11.1 Å². The Morgan fingerprint density at radius 2 is 2.33 bits per heavy atom. The predicted octanol–water partition coefficient (Wildman–Crippen LogP) is -0.184. The van der Waals surface area contributed by atoms with E-state index in [1.54, 1.807) is 24.7 Å². The van der Waals surface area contributed by atoms with Crippen LogP contribution in [-0.2, 0) is 18.3 Å². The van der Waals surface area contributed by atoms with Crippen molar-refractivity contribution in [2.24, 2.45) is 12.8 Å². The standard InChI is InChI=1S/C10H18N4O/c1-10(2,11)9(15)12-6-4-8-5-7-13-14(8)3/h5,7H,4,6,11H2,1-3H3,(H,12,15). The fourth-order valence-corrected chi connectivity index (χ4v) is 1.18. The van der Waals surface area contributed by atoms with E-state index in [0.29, 0.717) is 6.54 Å². The molecule has 1 rings (SSSR count). The van der Waals surface area contributed by atoms with Crippen molar-refractivity contribution in [3.63, 3.8) is 0 Å². The number of amides is 1. The summed E-state index contributed by atoms with van der Waals surface area (Å²) < 4.78 is 1.79. The maximum Gasteiger partial charge on any atom is 0.239 e. The Balaban J connectivity index is 2.35. The largest absolute Gasteiger partial charge is 0.354 e. The van der Waals surface area contributed by atoms with Crippen LogP contribution in [0.25, 0.3) is 0 Å². The number of nitrogens with two attached hydrogens (primary N) is 1. The molecule has 0 spiro atoms. The van der Waals surface area contributed by atoms with E-state index in [-0.39, 0.29) is 5.91 Å². The lowest BCUT2D eigenvalue weighted by atomic mass is 10.1. The number of hydrogen-bond acceptors (Lipinski definition) is 3. The quantitative estimate of drug-likeness (QED) is 0.724. The first kappa shape index (κ1) is 11.7. The summed E-state index contributed by atoms with van der Waals surface area (Å²) in [5.41, 5.74) is 5.91. The molecule has 0 bridgehead atoms. The van der Waals surface area contributed by atoms with Crippen molar-refractivity contribution in [2.75, 3.05) is 6.54 Å². The highest BCUT2D eigenvalue weighted by Gasteiger charge is 2.20. The average Bonchev–Trinajstić information content (AvgIpc) is 2.50. The van der Waals surface area contributed by atoms with Crippen LogP contribution in [0.5, 0.6) is 0 Å². The fraction of sp³-hybridized carbons (Fsp3) is 0.600. The molecule has 0 aromatic carbocycles. The van der Waals surface area contributed by atoms with Gasteiger partial charge in [-0.05, 0) is 19.9 Å². The van der Waals surface area contributed by atoms with Gasteiger partial charge in [0.25, 0.3) is 0 Å². The van der Waals surface area contributed by atoms with Crippen LogP contribution in [-0.4, -0.2) is 27.8 Å². The van der Waals surface area contributed by atoms with Crippen LogP contribution in [0.2, 0.25) is 0 Å². The lowest BCUT2D eigenvalue weighted by molar-refractivity contribution is -0.125. The SMILES string of the molecule is Cn1nccc1CCNC(=O)C(C)(C)N. The van der Waals surface area contributed by atoms with E-state index < -0.39 is 5.54 Å². The molecule has 5 heteroatoms. The number of aryl methyl sites for hydroxylation is 1. The van der Waals surface area contributed by atoms with E-state index in [4.69, 9.17) is 5.73 Å². The van der Waals surface area contributed by atoms with Gasteiger partial charge in [0, 0.05) is 31.9 Å². The number of carbonyl (C=O) groups excluding carboxylic acids is 1. The zero-order chi connectivity index (χ0) is 11.5. The number of rotatable bonds is 4. The highest BCUT2D eigenvalue weighted by Crippen LogP contribution is 1.98. The van der Waals surface area contributed by atoms with Crippen molar-refractivity contribution in [2.45, 2.75) is 25.8 Å². The molecule has 0 radical (unpaired) electrons. The number of carbonyl (C=O) groups is 1. The molecule has 1 heterocycles. The Morgan fingerprint density at radius 1 is 1.67 bits per heavy atom. The van der Waals surface area contributed by atoms with Crippen LogP contribution in [0.15, 0.2) is 12.3 Å². The zero-order valence-electron chi connectivity index (χ0n) is 9.45. The van der Waals surface area contributed by atoms with Crippen molar-refractivity contribution in [1.82, 2.24) is 15.1 Å². The smallest absolute Gasteiger partial charge is 0.239 e. The third kappa shape index (κ3) is 3.36. The van der Waals surface area contributed by atoms with Crippen LogP contribution in [0.1, 0.15) is 19.5 Å². The number of nitrogens with zero attached hydrogens (tertiary/aromatic N) is 2. The van der Waals surface area contributed by atoms with Gasteiger partial charge in [-0.15, -0.1) is 0 Å². The number of nitrogens with one attached hydrogen (secondary N) is 1. The molecular formula is C10H18N4O. The second-order valence-corrected chi connectivity index (χ2v) is 4.17. The van der Waals surface area contributed by atoms with Gasteiger partial charge in [0.05, 0.1) is 5.54 Å². The number of aromatic nitrogens is 2. The van der Waals surface area contributed by atoms with Crippen molar-refractivity contribution in [3.8, 4) is 0 Å². The van der Waals surface area contributed by atoms with Crippen LogP contribution < -0.4 is 11.1 Å². The molecule has 5 nitrogen and oxygen atoms in total. The Morgan fingerprint density at radius 3 is 2.80 bits per heavy atom. The van der Waals surface area contributed by atoms with E-state index in [1.807, 2.05) is 13.1 Å². The summed E-state index contributed by atoms with van der Waals surface area (Å²) in [5, 5.41) is 6.83. The average molecular weight is 210 g/mol. The third-order valence-corrected chi connectivity index (χ3v) is 2.17. The fourth-order valence-electron chi connectivity index (χ4n) is 1.18. The summed E-state index contributed by atoms with van der Waals surface area (Å²) in [6.45, 7) is 3.96. The van der Waals surface area contributed by atoms with Gasteiger partial charge in [-0.2, -0.15) is 5.10 Å². The van der Waals surface area contributed by atoms with Gasteiger partial charge in [-0.3, -0.25) is 9.48 Å². The molecule has 0 atom stereocenters. The second kappa shape index (κ2) is 4.44. The lowest BCUT2D eigenvalue weighted by Gasteiger charge is -2.17. The molecule has 84 valence electrons. The summed E-state index contributed by atoms with van der Waals surface area (Å²) in [7, 11) is 1.88. The minimum atomic E-state index is -0.813. The van der Waals surface area contributed by atoms with E-state index in [9.17, 15) is 4.79 Å². The summed E-state index contributed by atoms with van der Waals surface area (Å²) in [5.74, 6) is -0.135. The first-order valence-corrected chi connectivity index (χ1v) is 4.95.